The third kappa shape index (κ3) is 2.83. The summed E-state index contributed by atoms with van der Waals surface area (Å²) in [6, 6.07) is 10.2. The number of rotatable bonds is 4. The van der Waals surface area contributed by atoms with Crippen molar-refractivity contribution in [1.82, 2.24) is 14.7 Å². The van der Waals surface area contributed by atoms with E-state index in [1.54, 1.807) is 0 Å². The molecule has 2 heterocycles. The summed E-state index contributed by atoms with van der Waals surface area (Å²) in [5.41, 5.74) is 2.14. The lowest BCUT2D eigenvalue weighted by molar-refractivity contribution is -0.141. The molecule has 0 spiro atoms. The first-order valence-electron chi connectivity index (χ1n) is 7.22. The molecule has 3 rings (SSSR count). The predicted octanol–water partition coefficient (Wildman–Crippen LogP) is 2.34. The van der Waals surface area contributed by atoms with Gasteiger partial charge in [-0.1, -0.05) is 18.2 Å². The van der Waals surface area contributed by atoms with Crippen LogP contribution in [0.15, 0.2) is 42.7 Å². The van der Waals surface area contributed by atoms with Gasteiger partial charge in [-0.2, -0.15) is 5.10 Å². The van der Waals surface area contributed by atoms with Crippen LogP contribution in [0.1, 0.15) is 24.9 Å². The summed E-state index contributed by atoms with van der Waals surface area (Å²) >= 11 is 0. The summed E-state index contributed by atoms with van der Waals surface area (Å²) in [4.78, 5) is 13.3. The molecule has 110 valence electrons. The number of carbonyl (C=O) groups is 1. The Morgan fingerprint density at radius 1 is 1.38 bits per heavy atom. The molecule has 1 aromatic heterocycles. The molecule has 5 nitrogen and oxygen atoms in total. The average molecular weight is 285 g/mol. The quantitative estimate of drug-likeness (QED) is 0.936. The van der Waals surface area contributed by atoms with Gasteiger partial charge in [0.05, 0.1) is 17.8 Å². The Bertz CT molecular complexity index is 623. The second-order valence-electron chi connectivity index (χ2n) is 5.55. The molecule has 1 saturated heterocycles. The van der Waals surface area contributed by atoms with Crippen LogP contribution in [-0.2, 0) is 4.79 Å². The summed E-state index contributed by atoms with van der Waals surface area (Å²) in [6.45, 7) is 3.55. The Hall–Kier alpha value is -2.14. The standard InChI is InChI=1S/C16H19N3O2/c1-12(18-8-7-13(10-18)16(20)21)14-9-17-19(11-14)15-5-3-2-4-6-15/h2-6,9,11-13H,7-8,10H2,1H3,(H,20,21). The molecule has 0 bridgehead atoms. The third-order valence-corrected chi connectivity index (χ3v) is 4.22. The van der Waals surface area contributed by atoms with E-state index in [2.05, 4.69) is 16.9 Å². The van der Waals surface area contributed by atoms with Crippen molar-refractivity contribution >= 4 is 5.97 Å². The predicted molar refractivity (Wildman–Crippen MR) is 79.3 cm³/mol. The molecular weight excluding hydrogens is 266 g/mol. The second-order valence-corrected chi connectivity index (χ2v) is 5.55. The van der Waals surface area contributed by atoms with E-state index in [1.165, 1.54) is 0 Å². The molecule has 1 aromatic carbocycles. The molecule has 0 aliphatic carbocycles. The van der Waals surface area contributed by atoms with Crippen molar-refractivity contribution in [3.63, 3.8) is 0 Å². The molecule has 1 aliphatic rings. The van der Waals surface area contributed by atoms with E-state index >= 15 is 0 Å². The van der Waals surface area contributed by atoms with E-state index in [0.29, 0.717) is 6.54 Å². The topological polar surface area (TPSA) is 58.4 Å². The minimum Gasteiger partial charge on any atom is -0.481 e. The molecule has 21 heavy (non-hydrogen) atoms. The van der Waals surface area contributed by atoms with Gasteiger partial charge in [0.25, 0.3) is 0 Å². The Labute approximate surface area is 123 Å². The van der Waals surface area contributed by atoms with Crippen LogP contribution in [0.4, 0.5) is 0 Å². The van der Waals surface area contributed by atoms with E-state index in [0.717, 1.165) is 24.2 Å². The van der Waals surface area contributed by atoms with Crippen LogP contribution in [0.2, 0.25) is 0 Å². The first-order valence-corrected chi connectivity index (χ1v) is 7.22. The van der Waals surface area contributed by atoms with Crippen LogP contribution in [0.5, 0.6) is 0 Å². The van der Waals surface area contributed by atoms with Crippen LogP contribution in [0.3, 0.4) is 0 Å². The zero-order valence-electron chi connectivity index (χ0n) is 12.0. The summed E-state index contributed by atoms with van der Waals surface area (Å²) in [5, 5.41) is 13.5. The fraction of sp³-hybridized carbons (Fsp3) is 0.375. The molecule has 0 radical (unpaired) electrons. The number of carboxylic acid groups (broad SMARTS) is 1. The first-order chi connectivity index (χ1) is 10.1. The maximum absolute atomic E-state index is 11.1. The Morgan fingerprint density at radius 2 is 2.14 bits per heavy atom. The second kappa shape index (κ2) is 5.69. The maximum atomic E-state index is 11.1. The monoisotopic (exact) mass is 285 g/mol. The van der Waals surface area contributed by atoms with E-state index in [4.69, 9.17) is 5.11 Å². The van der Waals surface area contributed by atoms with Crippen LogP contribution in [-0.4, -0.2) is 38.8 Å². The van der Waals surface area contributed by atoms with Gasteiger partial charge in [0.1, 0.15) is 0 Å². The maximum Gasteiger partial charge on any atom is 0.307 e. The number of hydrogen-bond acceptors (Lipinski definition) is 3. The van der Waals surface area contributed by atoms with Gasteiger partial charge in [0.2, 0.25) is 0 Å². The Kier molecular flexibility index (Phi) is 3.75. The third-order valence-electron chi connectivity index (χ3n) is 4.22. The van der Waals surface area contributed by atoms with Crippen molar-refractivity contribution in [3.8, 4) is 5.69 Å². The highest BCUT2D eigenvalue weighted by Gasteiger charge is 2.31. The molecule has 2 unspecified atom stereocenters. The highest BCUT2D eigenvalue weighted by molar-refractivity contribution is 5.70. The number of para-hydroxylation sites is 1. The van der Waals surface area contributed by atoms with Crippen molar-refractivity contribution in [3.05, 3.63) is 48.3 Å². The lowest BCUT2D eigenvalue weighted by atomic mass is 10.1. The summed E-state index contributed by atoms with van der Waals surface area (Å²) < 4.78 is 1.86. The molecule has 2 atom stereocenters. The Balaban J connectivity index is 1.73. The highest BCUT2D eigenvalue weighted by Crippen LogP contribution is 2.27. The number of nitrogens with zero attached hydrogens (tertiary/aromatic N) is 3. The Morgan fingerprint density at radius 3 is 2.81 bits per heavy atom. The van der Waals surface area contributed by atoms with E-state index in [-0.39, 0.29) is 12.0 Å². The summed E-state index contributed by atoms with van der Waals surface area (Å²) in [7, 11) is 0. The normalized spacial score (nSPS) is 20.5. The molecule has 1 aliphatic heterocycles. The molecular formula is C16H19N3O2. The summed E-state index contributed by atoms with van der Waals surface area (Å²) in [5.74, 6) is -0.929. The van der Waals surface area contributed by atoms with Gasteiger partial charge in [0.15, 0.2) is 0 Å². The van der Waals surface area contributed by atoms with Gasteiger partial charge in [-0.05, 0) is 32.0 Å². The minimum absolute atomic E-state index is 0.187. The molecule has 1 fully saturated rings. The van der Waals surface area contributed by atoms with Crippen molar-refractivity contribution in [2.45, 2.75) is 19.4 Å². The van der Waals surface area contributed by atoms with E-state index in [1.807, 2.05) is 47.4 Å². The SMILES string of the molecule is CC(c1cnn(-c2ccccc2)c1)N1CCC(C(=O)O)C1. The van der Waals surface area contributed by atoms with Gasteiger partial charge in [0, 0.05) is 24.3 Å². The first kappa shape index (κ1) is 13.8. The fourth-order valence-electron chi connectivity index (χ4n) is 2.83. The van der Waals surface area contributed by atoms with Crippen molar-refractivity contribution < 1.29 is 9.90 Å². The van der Waals surface area contributed by atoms with E-state index in [9.17, 15) is 4.79 Å². The van der Waals surface area contributed by atoms with Gasteiger partial charge >= 0.3 is 5.97 Å². The zero-order valence-corrected chi connectivity index (χ0v) is 12.0. The fourth-order valence-corrected chi connectivity index (χ4v) is 2.83. The molecule has 0 saturated carbocycles. The highest BCUT2D eigenvalue weighted by atomic mass is 16.4. The van der Waals surface area contributed by atoms with Crippen LogP contribution in [0.25, 0.3) is 5.69 Å². The largest absolute Gasteiger partial charge is 0.481 e. The van der Waals surface area contributed by atoms with Crippen molar-refractivity contribution in [2.24, 2.45) is 5.92 Å². The zero-order chi connectivity index (χ0) is 14.8. The number of hydrogen-bond donors (Lipinski definition) is 1. The molecule has 0 amide bonds. The van der Waals surface area contributed by atoms with Gasteiger partial charge < -0.3 is 5.11 Å². The van der Waals surface area contributed by atoms with Crippen molar-refractivity contribution in [2.75, 3.05) is 13.1 Å². The van der Waals surface area contributed by atoms with Gasteiger partial charge in [-0.25, -0.2) is 4.68 Å². The van der Waals surface area contributed by atoms with Crippen molar-refractivity contribution in [1.29, 1.82) is 0 Å². The van der Waals surface area contributed by atoms with E-state index < -0.39 is 5.97 Å². The number of carboxylic acids is 1. The lowest BCUT2D eigenvalue weighted by Gasteiger charge is -2.22. The van der Waals surface area contributed by atoms with Crippen LogP contribution < -0.4 is 0 Å². The van der Waals surface area contributed by atoms with Crippen LogP contribution >= 0.6 is 0 Å². The van der Waals surface area contributed by atoms with Gasteiger partial charge in [-0.15, -0.1) is 0 Å². The number of aromatic nitrogens is 2. The summed E-state index contributed by atoms with van der Waals surface area (Å²) in [6.07, 6.45) is 4.62. The molecule has 1 N–H and O–H groups in total. The number of benzene rings is 1. The molecule has 5 heteroatoms. The minimum atomic E-state index is -0.690. The number of aliphatic carboxylic acids is 1. The molecule has 2 aromatic rings. The smallest absolute Gasteiger partial charge is 0.307 e. The van der Waals surface area contributed by atoms with Gasteiger partial charge in [-0.3, -0.25) is 9.69 Å². The lowest BCUT2D eigenvalue weighted by Crippen LogP contribution is -2.26. The average Bonchev–Trinajstić information content (AvgIpc) is 3.17. The van der Waals surface area contributed by atoms with Crippen LogP contribution in [0, 0.1) is 5.92 Å². The number of likely N-dealkylation sites (tertiary alicyclic amines) is 1.